The standard InChI is InChI=1S/C19H19ClO4/c1-3-14-4-6-15(7-5-14)18(21)11-24-19(22)12-23-16-8-9-17(20)13(2)10-16/h4-10H,3,11-12H2,1-2H3. The van der Waals surface area contributed by atoms with E-state index < -0.39 is 5.97 Å². The summed E-state index contributed by atoms with van der Waals surface area (Å²) in [5.41, 5.74) is 2.53. The number of carbonyl (C=O) groups is 2. The molecule has 0 saturated carbocycles. The van der Waals surface area contributed by atoms with E-state index in [4.69, 9.17) is 21.1 Å². The zero-order valence-electron chi connectivity index (χ0n) is 13.7. The van der Waals surface area contributed by atoms with Crippen LogP contribution < -0.4 is 4.74 Å². The Balaban J connectivity index is 1.79. The van der Waals surface area contributed by atoms with Crippen LogP contribution in [0.2, 0.25) is 5.02 Å². The first-order chi connectivity index (χ1) is 11.5. The van der Waals surface area contributed by atoms with Crippen LogP contribution in [0.25, 0.3) is 0 Å². The predicted octanol–water partition coefficient (Wildman–Crippen LogP) is 4.02. The zero-order valence-corrected chi connectivity index (χ0v) is 14.4. The van der Waals surface area contributed by atoms with Gasteiger partial charge in [0.15, 0.2) is 19.0 Å². The number of benzene rings is 2. The molecule has 0 aliphatic rings. The molecule has 0 aliphatic carbocycles. The number of ether oxygens (including phenoxy) is 2. The average Bonchev–Trinajstić information content (AvgIpc) is 2.60. The molecular formula is C19H19ClO4. The molecule has 0 spiro atoms. The SMILES string of the molecule is CCc1ccc(C(=O)COC(=O)COc2ccc(Cl)c(C)c2)cc1. The highest BCUT2D eigenvalue weighted by atomic mass is 35.5. The van der Waals surface area contributed by atoms with Gasteiger partial charge in [-0.1, -0.05) is 42.8 Å². The first kappa shape index (κ1) is 18.0. The van der Waals surface area contributed by atoms with E-state index in [-0.39, 0.29) is 19.0 Å². The summed E-state index contributed by atoms with van der Waals surface area (Å²) in [7, 11) is 0. The van der Waals surface area contributed by atoms with Crippen LogP contribution in [0.1, 0.15) is 28.4 Å². The fourth-order valence-electron chi connectivity index (χ4n) is 2.05. The monoisotopic (exact) mass is 346 g/mol. The highest BCUT2D eigenvalue weighted by Gasteiger charge is 2.11. The lowest BCUT2D eigenvalue weighted by molar-refractivity contribution is -0.144. The second-order valence-corrected chi connectivity index (χ2v) is 5.74. The number of aryl methyl sites for hydroxylation is 2. The normalized spacial score (nSPS) is 10.3. The Hall–Kier alpha value is -2.33. The lowest BCUT2D eigenvalue weighted by atomic mass is 10.1. The van der Waals surface area contributed by atoms with Gasteiger partial charge in [-0.15, -0.1) is 0 Å². The minimum absolute atomic E-state index is 0.242. The molecule has 0 N–H and O–H groups in total. The molecular weight excluding hydrogens is 328 g/mol. The van der Waals surface area contributed by atoms with Crippen LogP contribution in [0.15, 0.2) is 42.5 Å². The first-order valence-electron chi connectivity index (χ1n) is 7.66. The van der Waals surface area contributed by atoms with Gasteiger partial charge in [0.05, 0.1) is 0 Å². The lowest BCUT2D eigenvalue weighted by Crippen LogP contribution is -2.19. The van der Waals surface area contributed by atoms with Gasteiger partial charge in [0.1, 0.15) is 5.75 Å². The highest BCUT2D eigenvalue weighted by molar-refractivity contribution is 6.31. The van der Waals surface area contributed by atoms with Crippen LogP contribution in [0.3, 0.4) is 0 Å². The summed E-state index contributed by atoms with van der Waals surface area (Å²) in [6.07, 6.45) is 0.908. The first-order valence-corrected chi connectivity index (χ1v) is 8.04. The van der Waals surface area contributed by atoms with E-state index in [0.717, 1.165) is 17.5 Å². The van der Waals surface area contributed by atoms with Crippen molar-refractivity contribution in [1.29, 1.82) is 0 Å². The molecule has 0 radical (unpaired) electrons. The minimum Gasteiger partial charge on any atom is -0.482 e. The van der Waals surface area contributed by atoms with Gasteiger partial charge in [0.25, 0.3) is 0 Å². The Bertz CT molecular complexity index is 723. The largest absolute Gasteiger partial charge is 0.482 e. The summed E-state index contributed by atoms with van der Waals surface area (Å²) in [4.78, 5) is 23.7. The second kappa shape index (κ2) is 8.50. The fraction of sp³-hybridized carbons (Fsp3) is 0.263. The smallest absolute Gasteiger partial charge is 0.344 e. The van der Waals surface area contributed by atoms with E-state index in [1.165, 1.54) is 0 Å². The topological polar surface area (TPSA) is 52.6 Å². The Labute approximate surface area is 146 Å². The van der Waals surface area contributed by atoms with Gasteiger partial charge in [-0.05, 0) is 42.7 Å². The number of halogens is 1. The summed E-state index contributed by atoms with van der Waals surface area (Å²) in [5.74, 6) is -0.315. The van der Waals surface area contributed by atoms with Crippen LogP contribution >= 0.6 is 11.6 Å². The predicted molar refractivity (Wildman–Crippen MR) is 92.8 cm³/mol. The summed E-state index contributed by atoms with van der Waals surface area (Å²) in [6, 6.07) is 12.4. The Morgan fingerprint density at radius 1 is 1.04 bits per heavy atom. The molecule has 24 heavy (non-hydrogen) atoms. The molecule has 4 nitrogen and oxygen atoms in total. The molecule has 0 amide bonds. The van der Waals surface area contributed by atoms with Crippen molar-refractivity contribution in [2.45, 2.75) is 20.3 Å². The molecule has 2 aromatic rings. The Morgan fingerprint density at radius 3 is 2.38 bits per heavy atom. The van der Waals surface area contributed by atoms with E-state index in [1.807, 2.05) is 26.0 Å². The van der Waals surface area contributed by atoms with Gasteiger partial charge in [-0.25, -0.2) is 4.79 Å². The molecule has 0 aliphatic heterocycles. The van der Waals surface area contributed by atoms with Crippen molar-refractivity contribution < 1.29 is 19.1 Å². The van der Waals surface area contributed by atoms with Crippen molar-refractivity contribution >= 4 is 23.4 Å². The molecule has 0 bridgehead atoms. The molecule has 126 valence electrons. The van der Waals surface area contributed by atoms with E-state index >= 15 is 0 Å². The van der Waals surface area contributed by atoms with Gasteiger partial charge >= 0.3 is 5.97 Å². The van der Waals surface area contributed by atoms with Crippen molar-refractivity contribution in [3.05, 3.63) is 64.2 Å². The van der Waals surface area contributed by atoms with E-state index in [1.54, 1.807) is 30.3 Å². The van der Waals surface area contributed by atoms with Crippen molar-refractivity contribution in [3.8, 4) is 5.75 Å². The fourth-order valence-corrected chi connectivity index (χ4v) is 2.16. The quantitative estimate of drug-likeness (QED) is 0.561. The summed E-state index contributed by atoms with van der Waals surface area (Å²) in [6.45, 7) is 3.33. The number of carbonyl (C=O) groups excluding carboxylic acids is 2. The van der Waals surface area contributed by atoms with Gasteiger partial charge in [-0.2, -0.15) is 0 Å². The number of rotatable bonds is 7. The van der Waals surface area contributed by atoms with Gasteiger partial charge < -0.3 is 9.47 Å². The zero-order chi connectivity index (χ0) is 17.5. The summed E-state index contributed by atoms with van der Waals surface area (Å²) in [5, 5.41) is 0.629. The Morgan fingerprint density at radius 2 is 1.75 bits per heavy atom. The summed E-state index contributed by atoms with van der Waals surface area (Å²) >= 11 is 5.92. The molecule has 0 fully saturated rings. The van der Waals surface area contributed by atoms with Crippen LogP contribution in [0.4, 0.5) is 0 Å². The summed E-state index contributed by atoms with van der Waals surface area (Å²) < 4.78 is 10.3. The highest BCUT2D eigenvalue weighted by Crippen LogP contribution is 2.20. The van der Waals surface area contributed by atoms with Crippen LogP contribution in [-0.2, 0) is 16.0 Å². The third-order valence-corrected chi connectivity index (χ3v) is 3.96. The van der Waals surface area contributed by atoms with E-state index in [9.17, 15) is 9.59 Å². The van der Waals surface area contributed by atoms with Crippen molar-refractivity contribution in [2.24, 2.45) is 0 Å². The van der Waals surface area contributed by atoms with E-state index in [2.05, 4.69) is 0 Å². The maximum Gasteiger partial charge on any atom is 0.344 e. The van der Waals surface area contributed by atoms with Crippen LogP contribution in [0, 0.1) is 6.92 Å². The molecule has 0 saturated heterocycles. The van der Waals surface area contributed by atoms with Gasteiger partial charge in [-0.3, -0.25) is 4.79 Å². The maximum absolute atomic E-state index is 12.0. The number of Topliss-reactive ketones (excluding diaryl/α,β-unsaturated/α-hetero) is 1. The third kappa shape index (κ3) is 5.10. The van der Waals surface area contributed by atoms with Crippen LogP contribution in [0.5, 0.6) is 5.75 Å². The second-order valence-electron chi connectivity index (χ2n) is 5.33. The molecule has 0 atom stereocenters. The third-order valence-electron chi connectivity index (χ3n) is 3.53. The van der Waals surface area contributed by atoms with Gasteiger partial charge in [0, 0.05) is 10.6 Å². The number of esters is 1. The van der Waals surface area contributed by atoms with Gasteiger partial charge in [0.2, 0.25) is 0 Å². The number of ketones is 1. The molecule has 0 heterocycles. The molecule has 5 heteroatoms. The molecule has 2 aromatic carbocycles. The lowest BCUT2D eigenvalue weighted by Gasteiger charge is -2.08. The van der Waals surface area contributed by atoms with Crippen molar-refractivity contribution in [2.75, 3.05) is 13.2 Å². The molecule has 2 rings (SSSR count). The van der Waals surface area contributed by atoms with Crippen molar-refractivity contribution in [3.63, 3.8) is 0 Å². The van der Waals surface area contributed by atoms with Crippen molar-refractivity contribution in [1.82, 2.24) is 0 Å². The number of hydrogen-bond acceptors (Lipinski definition) is 4. The minimum atomic E-state index is -0.596. The Kier molecular flexibility index (Phi) is 6.38. The van der Waals surface area contributed by atoms with Crippen LogP contribution in [-0.4, -0.2) is 25.0 Å². The average molecular weight is 347 g/mol. The molecule has 0 unspecified atom stereocenters. The maximum atomic E-state index is 12.0. The number of hydrogen-bond donors (Lipinski definition) is 0. The molecule has 0 aromatic heterocycles. The van der Waals surface area contributed by atoms with E-state index in [0.29, 0.717) is 16.3 Å².